The Morgan fingerprint density at radius 2 is 2.00 bits per heavy atom. The summed E-state index contributed by atoms with van der Waals surface area (Å²) in [5, 5.41) is 0.522. The molecule has 0 amide bonds. The van der Waals surface area contributed by atoms with Crippen LogP contribution >= 0.6 is 11.8 Å². The van der Waals surface area contributed by atoms with E-state index in [-0.39, 0.29) is 6.42 Å². The summed E-state index contributed by atoms with van der Waals surface area (Å²) in [6.45, 7) is 0.428. The van der Waals surface area contributed by atoms with E-state index in [2.05, 4.69) is 9.97 Å². The van der Waals surface area contributed by atoms with Gasteiger partial charge >= 0.3 is 0 Å². The van der Waals surface area contributed by atoms with E-state index >= 15 is 0 Å². The van der Waals surface area contributed by atoms with Gasteiger partial charge in [0.15, 0.2) is 5.16 Å². The van der Waals surface area contributed by atoms with Crippen molar-refractivity contribution < 1.29 is 13.5 Å². The lowest BCUT2D eigenvalue weighted by molar-refractivity contribution is 0.290. The van der Waals surface area contributed by atoms with Crippen LogP contribution in [0, 0.1) is 0 Å². The van der Waals surface area contributed by atoms with E-state index in [1.165, 1.54) is 11.8 Å². The molecule has 0 unspecified atom stereocenters. The molecule has 6 heteroatoms. The van der Waals surface area contributed by atoms with Crippen LogP contribution in [-0.4, -0.2) is 15.7 Å². The van der Waals surface area contributed by atoms with Crippen LogP contribution in [0.2, 0.25) is 0 Å². The monoisotopic (exact) mass is 308 g/mol. The van der Waals surface area contributed by atoms with Gasteiger partial charge in [-0.2, -0.15) is 13.8 Å². The standard InChI is InChI=1S/C15H14F2N2OS/c16-13(17)7-4-10-21-15-18-9-8-14(19-15)20-11-12-5-2-1-3-6-12/h1-3,5-9H,4,10-11H2. The van der Waals surface area contributed by atoms with Gasteiger partial charge in [-0.1, -0.05) is 42.1 Å². The first-order valence-electron chi connectivity index (χ1n) is 6.38. The minimum absolute atomic E-state index is 0.283. The molecule has 0 spiro atoms. The molecule has 0 fully saturated rings. The smallest absolute Gasteiger partial charge is 0.266 e. The second kappa shape index (κ2) is 8.36. The Balaban J connectivity index is 1.84. The number of rotatable bonds is 7. The molecule has 0 aliphatic heterocycles. The number of halogens is 2. The zero-order valence-electron chi connectivity index (χ0n) is 11.2. The number of aromatic nitrogens is 2. The second-order valence-electron chi connectivity index (χ2n) is 4.08. The number of ether oxygens (including phenoxy) is 1. The fourth-order valence-electron chi connectivity index (χ4n) is 1.52. The largest absolute Gasteiger partial charge is 0.473 e. The molecule has 0 aliphatic rings. The molecule has 2 rings (SSSR count). The van der Waals surface area contributed by atoms with Crippen molar-refractivity contribution in [3.63, 3.8) is 0 Å². The van der Waals surface area contributed by atoms with Gasteiger partial charge in [0, 0.05) is 18.0 Å². The first-order chi connectivity index (χ1) is 10.2. The topological polar surface area (TPSA) is 35.0 Å². The summed E-state index contributed by atoms with van der Waals surface area (Å²) in [6.07, 6.45) is 1.12. The van der Waals surface area contributed by atoms with Crippen molar-refractivity contribution in [3.8, 4) is 5.88 Å². The molecule has 0 saturated carbocycles. The number of hydrogen-bond donors (Lipinski definition) is 0. The number of thioether (sulfide) groups is 1. The predicted octanol–water partition coefficient (Wildman–Crippen LogP) is 4.32. The molecular weight excluding hydrogens is 294 g/mol. The highest BCUT2D eigenvalue weighted by atomic mass is 32.2. The van der Waals surface area contributed by atoms with E-state index in [0.717, 1.165) is 11.6 Å². The first-order valence-corrected chi connectivity index (χ1v) is 7.36. The highest BCUT2D eigenvalue weighted by molar-refractivity contribution is 7.99. The van der Waals surface area contributed by atoms with Crippen molar-refractivity contribution in [1.82, 2.24) is 9.97 Å². The summed E-state index contributed by atoms with van der Waals surface area (Å²) >= 11 is 1.32. The molecule has 3 nitrogen and oxygen atoms in total. The van der Waals surface area contributed by atoms with Gasteiger partial charge in [0.05, 0.1) is 0 Å². The quantitative estimate of drug-likeness (QED) is 0.433. The van der Waals surface area contributed by atoms with Crippen molar-refractivity contribution in [2.24, 2.45) is 0 Å². The van der Waals surface area contributed by atoms with Gasteiger partial charge in [0.25, 0.3) is 6.08 Å². The van der Waals surface area contributed by atoms with Gasteiger partial charge in [-0.05, 0) is 18.1 Å². The van der Waals surface area contributed by atoms with Crippen molar-refractivity contribution in [3.05, 3.63) is 60.3 Å². The van der Waals surface area contributed by atoms with Gasteiger partial charge in [-0.3, -0.25) is 0 Å². The van der Waals surface area contributed by atoms with E-state index in [0.29, 0.717) is 23.4 Å². The van der Waals surface area contributed by atoms with E-state index in [9.17, 15) is 8.78 Å². The molecule has 21 heavy (non-hydrogen) atoms. The lowest BCUT2D eigenvalue weighted by Crippen LogP contribution is -1.98. The first kappa shape index (κ1) is 15.4. The maximum Gasteiger partial charge on any atom is 0.266 e. The van der Waals surface area contributed by atoms with Gasteiger partial charge in [-0.25, -0.2) is 4.98 Å². The Hall–Kier alpha value is -1.95. The van der Waals surface area contributed by atoms with E-state index in [1.807, 2.05) is 30.3 Å². The van der Waals surface area contributed by atoms with Gasteiger partial charge in [-0.15, -0.1) is 0 Å². The Morgan fingerprint density at radius 1 is 1.19 bits per heavy atom. The SMILES string of the molecule is FC(F)=CCCSc1nccc(OCc2ccccc2)n1. The fraction of sp³-hybridized carbons (Fsp3) is 0.200. The Labute approximate surface area is 126 Å². The molecule has 1 heterocycles. The lowest BCUT2D eigenvalue weighted by Gasteiger charge is -2.06. The third-order valence-corrected chi connectivity index (χ3v) is 3.38. The minimum atomic E-state index is -1.66. The van der Waals surface area contributed by atoms with E-state index < -0.39 is 6.08 Å². The lowest BCUT2D eigenvalue weighted by atomic mass is 10.2. The van der Waals surface area contributed by atoms with Crippen molar-refractivity contribution >= 4 is 11.8 Å². The van der Waals surface area contributed by atoms with Crippen LogP contribution in [0.1, 0.15) is 12.0 Å². The highest BCUT2D eigenvalue weighted by Gasteiger charge is 2.02. The van der Waals surface area contributed by atoms with Crippen LogP contribution in [0.15, 0.2) is 59.9 Å². The average molecular weight is 308 g/mol. The molecule has 0 aliphatic carbocycles. The molecule has 0 bridgehead atoms. The Kier molecular flexibility index (Phi) is 6.15. The van der Waals surface area contributed by atoms with Crippen LogP contribution < -0.4 is 4.74 Å². The van der Waals surface area contributed by atoms with Gasteiger partial charge < -0.3 is 4.74 Å². The number of hydrogen-bond acceptors (Lipinski definition) is 4. The fourth-order valence-corrected chi connectivity index (χ4v) is 2.23. The number of nitrogens with zero attached hydrogens (tertiary/aromatic N) is 2. The van der Waals surface area contributed by atoms with E-state index in [1.54, 1.807) is 12.3 Å². The van der Waals surface area contributed by atoms with Crippen LogP contribution in [-0.2, 0) is 6.61 Å². The van der Waals surface area contributed by atoms with Crippen LogP contribution in [0.25, 0.3) is 0 Å². The molecule has 0 radical (unpaired) electrons. The minimum Gasteiger partial charge on any atom is -0.473 e. The zero-order chi connectivity index (χ0) is 14.9. The third-order valence-electron chi connectivity index (χ3n) is 2.49. The van der Waals surface area contributed by atoms with Crippen molar-refractivity contribution in [2.75, 3.05) is 5.75 Å². The molecule has 110 valence electrons. The predicted molar refractivity (Wildman–Crippen MR) is 78.4 cm³/mol. The molecule has 1 aromatic carbocycles. The van der Waals surface area contributed by atoms with Crippen LogP contribution in [0.5, 0.6) is 5.88 Å². The van der Waals surface area contributed by atoms with E-state index in [4.69, 9.17) is 4.74 Å². The normalized spacial score (nSPS) is 10.2. The maximum atomic E-state index is 11.9. The summed E-state index contributed by atoms with van der Waals surface area (Å²) < 4.78 is 29.4. The van der Waals surface area contributed by atoms with Gasteiger partial charge in [0.1, 0.15) is 6.61 Å². The Morgan fingerprint density at radius 3 is 2.76 bits per heavy atom. The molecule has 0 saturated heterocycles. The van der Waals surface area contributed by atoms with Crippen LogP contribution in [0.4, 0.5) is 8.78 Å². The average Bonchev–Trinajstić information content (AvgIpc) is 2.51. The summed E-state index contributed by atoms with van der Waals surface area (Å²) in [7, 11) is 0. The molecule has 0 N–H and O–H groups in total. The molecule has 1 aromatic heterocycles. The molecule has 0 atom stereocenters. The van der Waals surface area contributed by atoms with Crippen LogP contribution in [0.3, 0.4) is 0 Å². The second-order valence-corrected chi connectivity index (χ2v) is 5.14. The Bertz CT molecular complexity index is 589. The summed E-state index contributed by atoms with van der Waals surface area (Å²) in [4.78, 5) is 8.30. The highest BCUT2D eigenvalue weighted by Crippen LogP contribution is 2.18. The maximum absolute atomic E-state index is 11.9. The summed E-state index contributed by atoms with van der Waals surface area (Å²) in [5.41, 5.74) is 1.05. The molecular formula is C15H14F2N2OS. The zero-order valence-corrected chi connectivity index (χ0v) is 12.0. The van der Waals surface area contributed by atoms with Gasteiger partial charge in [0.2, 0.25) is 5.88 Å². The van der Waals surface area contributed by atoms with Crippen molar-refractivity contribution in [1.29, 1.82) is 0 Å². The summed E-state index contributed by atoms with van der Waals surface area (Å²) in [5.74, 6) is 0.975. The summed E-state index contributed by atoms with van der Waals surface area (Å²) in [6, 6.07) is 11.4. The molecule has 2 aromatic rings. The van der Waals surface area contributed by atoms with Crippen molar-refractivity contribution in [2.45, 2.75) is 18.2 Å². The number of benzene rings is 1. The number of allylic oxidation sites excluding steroid dienone is 1. The third kappa shape index (κ3) is 5.91.